The Morgan fingerprint density at radius 1 is 1.39 bits per heavy atom. The molecule has 1 N–H and O–H groups in total. The minimum atomic E-state index is 0.400. The van der Waals surface area contributed by atoms with E-state index in [0.29, 0.717) is 11.5 Å². The van der Waals surface area contributed by atoms with E-state index in [-0.39, 0.29) is 0 Å². The van der Waals surface area contributed by atoms with Gasteiger partial charge < -0.3 is 5.32 Å². The van der Waals surface area contributed by atoms with Gasteiger partial charge in [-0.3, -0.25) is 0 Å². The summed E-state index contributed by atoms with van der Waals surface area (Å²) < 4.78 is 0. The van der Waals surface area contributed by atoms with Gasteiger partial charge in [0.05, 0.1) is 0 Å². The standard InChI is InChI=1S/C16H24ClN/c1-4-9-18-15-11-16(2,3)8-7-12-5-6-13(17)10-14(12)15/h5-6,10,15,18H,4,7-9,11H2,1-3H3. The van der Waals surface area contributed by atoms with Gasteiger partial charge in [0.1, 0.15) is 0 Å². The van der Waals surface area contributed by atoms with E-state index in [4.69, 9.17) is 11.6 Å². The van der Waals surface area contributed by atoms with Crippen LogP contribution in [0.2, 0.25) is 5.02 Å². The van der Waals surface area contributed by atoms with Crippen LogP contribution in [0.1, 0.15) is 57.2 Å². The van der Waals surface area contributed by atoms with Crippen molar-refractivity contribution >= 4 is 11.6 Å². The highest BCUT2D eigenvalue weighted by Crippen LogP contribution is 2.40. The van der Waals surface area contributed by atoms with Crippen LogP contribution < -0.4 is 5.32 Å². The predicted octanol–water partition coefficient (Wildman–Crippen LogP) is 4.74. The van der Waals surface area contributed by atoms with Crippen molar-refractivity contribution in [3.8, 4) is 0 Å². The summed E-state index contributed by atoms with van der Waals surface area (Å²) in [5.41, 5.74) is 3.29. The Morgan fingerprint density at radius 3 is 2.89 bits per heavy atom. The lowest BCUT2D eigenvalue weighted by atomic mass is 9.83. The van der Waals surface area contributed by atoms with Crippen molar-refractivity contribution in [1.29, 1.82) is 0 Å². The maximum atomic E-state index is 6.17. The molecule has 0 radical (unpaired) electrons. The lowest BCUT2D eigenvalue weighted by Crippen LogP contribution is -2.26. The Morgan fingerprint density at radius 2 is 2.17 bits per heavy atom. The molecule has 1 aromatic rings. The Hall–Kier alpha value is -0.530. The van der Waals surface area contributed by atoms with Crippen molar-refractivity contribution in [2.24, 2.45) is 5.41 Å². The first-order chi connectivity index (χ1) is 8.52. The van der Waals surface area contributed by atoms with Gasteiger partial charge >= 0.3 is 0 Å². The molecule has 1 nitrogen and oxygen atoms in total. The third-order valence-electron chi connectivity index (χ3n) is 3.95. The number of hydrogen-bond donors (Lipinski definition) is 1. The molecule has 0 saturated heterocycles. The molecule has 1 atom stereocenters. The second kappa shape index (κ2) is 5.63. The largest absolute Gasteiger partial charge is 0.310 e. The van der Waals surface area contributed by atoms with E-state index in [1.54, 1.807) is 0 Å². The topological polar surface area (TPSA) is 12.0 Å². The van der Waals surface area contributed by atoms with Crippen LogP contribution in [0.5, 0.6) is 0 Å². The SMILES string of the molecule is CCCNC1CC(C)(C)CCc2ccc(Cl)cc21. The number of halogens is 1. The zero-order valence-electron chi connectivity index (χ0n) is 11.7. The third kappa shape index (κ3) is 3.27. The molecule has 0 bridgehead atoms. The quantitative estimate of drug-likeness (QED) is 0.778. The third-order valence-corrected chi connectivity index (χ3v) is 4.19. The maximum absolute atomic E-state index is 6.17. The minimum absolute atomic E-state index is 0.400. The van der Waals surface area contributed by atoms with Crippen LogP contribution in [0.3, 0.4) is 0 Å². The first-order valence-corrected chi connectivity index (χ1v) is 7.41. The maximum Gasteiger partial charge on any atom is 0.0409 e. The van der Waals surface area contributed by atoms with Gasteiger partial charge in [0, 0.05) is 11.1 Å². The highest BCUT2D eigenvalue weighted by molar-refractivity contribution is 6.30. The van der Waals surface area contributed by atoms with E-state index in [1.807, 2.05) is 6.07 Å². The fraction of sp³-hybridized carbons (Fsp3) is 0.625. The average molecular weight is 266 g/mol. The normalized spacial score (nSPS) is 22.3. The molecular weight excluding hydrogens is 242 g/mol. The second-order valence-corrected chi connectivity index (χ2v) is 6.65. The summed E-state index contributed by atoms with van der Waals surface area (Å²) in [6.45, 7) is 8.04. The van der Waals surface area contributed by atoms with Crippen molar-refractivity contribution < 1.29 is 0 Å². The summed E-state index contributed by atoms with van der Waals surface area (Å²) in [5, 5.41) is 4.55. The Balaban J connectivity index is 2.32. The van der Waals surface area contributed by atoms with Gasteiger partial charge in [-0.25, -0.2) is 0 Å². The van der Waals surface area contributed by atoms with Gasteiger partial charge in [-0.05, 0) is 60.9 Å². The van der Waals surface area contributed by atoms with E-state index in [0.717, 1.165) is 11.6 Å². The summed E-state index contributed by atoms with van der Waals surface area (Å²) in [7, 11) is 0. The smallest absolute Gasteiger partial charge is 0.0409 e. The summed E-state index contributed by atoms with van der Waals surface area (Å²) in [5.74, 6) is 0. The van der Waals surface area contributed by atoms with E-state index < -0.39 is 0 Å². The number of rotatable bonds is 3. The van der Waals surface area contributed by atoms with E-state index in [2.05, 4.69) is 38.2 Å². The molecule has 0 spiro atoms. The number of nitrogens with one attached hydrogen (secondary N) is 1. The van der Waals surface area contributed by atoms with Crippen LogP contribution in [0, 0.1) is 5.41 Å². The molecule has 0 saturated carbocycles. The van der Waals surface area contributed by atoms with Crippen molar-refractivity contribution in [3.05, 3.63) is 34.3 Å². The minimum Gasteiger partial charge on any atom is -0.310 e. The van der Waals surface area contributed by atoms with Crippen LogP contribution in [0.25, 0.3) is 0 Å². The molecule has 0 aromatic heterocycles. The number of benzene rings is 1. The zero-order valence-corrected chi connectivity index (χ0v) is 12.5. The van der Waals surface area contributed by atoms with Crippen molar-refractivity contribution in [2.45, 2.75) is 52.5 Å². The summed E-state index contributed by atoms with van der Waals surface area (Å²) in [6, 6.07) is 6.84. The number of aryl methyl sites for hydroxylation is 1. The highest BCUT2D eigenvalue weighted by Gasteiger charge is 2.29. The Kier molecular flexibility index (Phi) is 4.34. The van der Waals surface area contributed by atoms with Crippen LogP contribution in [0.15, 0.2) is 18.2 Å². The lowest BCUT2D eigenvalue weighted by molar-refractivity contribution is 0.273. The van der Waals surface area contributed by atoms with Gasteiger partial charge in [-0.15, -0.1) is 0 Å². The van der Waals surface area contributed by atoms with Crippen LogP contribution in [-0.4, -0.2) is 6.54 Å². The Labute approximate surface area is 116 Å². The molecular formula is C16H24ClN. The first kappa shape index (κ1) is 13.9. The molecule has 0 aliphatic heterocycles. The van der Waals surface area contributed by atoms with Gasteiger partial charge in [0.25, 0.3) is 0 Å². The van der Waals surface area contributed by atoms with Gasteiger partial charge in [-0.1, -0.05) is 38.4 Å². The van der Waals surface area contributed by atoms with Crippen molar-refractivity contribution in [3.63, 3.8) is 0 Å². The number of fused-ring (bicyclic) bond motifs is 1. The fourth-order valence-electron chi connectivity index (χ4n) is 2.86. The molecule has 1 aromatic carbocycles. The lowest BCUT2D eigenvalue weighted by Gasteiger charge is -2.27. The molecule has 0 amide bonds. The van der Waals surface area contributed by atoms with Crippen LogP contribution >= 0.6 is 11.6 Å². The molecule has 2 heteroatoms. The molecule has 0 heterocycles. The van der Waals surface area contributed by atoms with Gasteiger partial charge in [0.15, 0.2) is 0 Å². The number of hydrogen-bond acceptors (Lipinski definition) is 1. The van der Waals surface area contributed by atoms with E-state index in [9.17, 15) is 0 Å². The molecule has 1 aliphatic rings. The average Bonchev–Trinajstić information content (AvgIpc) is 2.44. The highest BCUT2D eigenvalue weighted by atomic mass is 35.5. The van der Waals surface area contributed by atoms with E-state index in [1.165, 1.54) is 36.8 Å². The van der Waals surface area contributed by atoms with Crippen molar-refractivity contribution in [1.82, 2.24) is 5.32 Å². The fourth-order valence-corrected chi connectivity index (χ4v) is 3.04. The molecule has 2 rings (SSSR count). The Bertz CT molecular complexity index is 412. The van der Waals surface area contributed by atoms with Gasteiger partial charge in [-0.2, -0.15) is 0 Å². The molecule has 18 heavy (non-hydrogen) atoms. The predicted molar refractivity (Wildman–Crippen MR) is 79.2 cm³/mol. The molecule has 1 unspecified atom stereocenters. The summed E-state index contributed by atoms with van der Waals surface area (Å²) in [4.78, 5) is 0. The summed E-state index contributed by atoms with van der Waals surface area (Å²) in [6.07, 6.45) is 4.79. The van der Waals surface area contributed by atoms with Crippen LogP contribution in [0.4, 0.5) is 0 Å². The second-order valence-electron chi connectivity index (χ2n) is 6.22. The monoisotopic (exact) mass is 265 g/mol. The molecule has 1 aliphatic carbocycles. The van der Waals surface area contributed by atoms with Crippen molar-refractivity contribution in [2.75, 3.05) is 6.54 Å². The molecule has 100 valence electrons. The summed E-state index contributed by atoms with van der Waals surface area (Å²) >= 11 is 6.17. The first-order valence-electron chi connectivity index (χ1n) is 7.03. The van der Waals surface area contributed by atoms with Gasteiger partial charge in [0.2, 0.25) is 0 Å². The van der Waals surface area contributed by atoms with E-state index >= 15 is 0 Å². The zero-order chi connectivity index (χ0) is 13.2. The molecule has 0 fully saturated rings. The van der Waals surface area contributed by atoms with Crippen LogP contribution in [-0.2, 0) is 6.42 Å².